The first-order valence-electron chi connectivity index (χ1n) is 10.1. The highest BCUT2D eigenvalue weighted by molar-refractivity contribution is 6.02. The van der Waals surface area contributed by atoms with Crippen molar-refractivity contribution >= 4 is 11.4 Å². The van der Waals surface area contributed by atoms with Gasteiger partial charge in [-0.2, -0.15) is 5.10 Å². The number of amides is 1. The average Bonchev–Trinajstić information content (AvgIpc) is 3.51. The van der Waals surface area contributed by atoms with Crippen LogP contribution in [0.25, 0.3) is 16.9 Å². The quantitative estimate of drug-likeness (QED) is 0.559. The molecule has 1 aliphatic rings. The molecule has 0 spiro atoms. The van der Waals surface area contributed by atoms with E-state index in [0.29, 0.717) is 18.2 Å². The summed E-state index contributed by atoms with van der Waals surface area (Å²) in [5.74, 6) is -0.0981. The highest BCUT2D eigenvalue weighted by Crippen LogP contribution is 2.31. The van der Waals surface area contributed by atoms with Crippen molar-refractivity contribution < 1.29 is 4.79 Å². The summed E-state index contributed by atoms with van der Waals surface area (Å²) in [7, 11) is 0. The molecule has 6 nitrogen and oxygen atoms in total. The van der Waals surface area contributed by atoms with Crippen molar-refractivity contribution in [3.8, 4) is 11.4 Å². The van der Waals surface area contributed by atoms with E-state index < -0.39 is 0 Å². The van der Waals surface area contributed by atoms with Gasteiger partial charge in [-0.25, -0.2) is 0 Å². The van der Waals surface area contributed by atoms with Gasteiger partial charge in [-0.3, -0.25) is 14.5 Å². The zero-order valence-electron chi connectivity index (χ0n) is 16.2. The Bertz CT molecular complexity index is 1140. The first-order chi connectivity index (χ1) is 14.3. The lowest BCUT2D eigenvalue weighted by Gasteiger charge is -2.08. The Morgan fingerprint density at radius 2 is 2.00 bits per heavy atom. The van der Waals surface area contributed by atoms with Crippen molar-refractivity contribution in [1.82, 2.24) is 24.5 Å². The SMILES string of the molecule is O=C(NCc1cccnc1)c1cc(-c2ccn(C3CCCC3)n2)n2ccccc12. The largest absolute Gasteiger partial charge is 0.348 e. The lowest BCUT2D eigenvalue weighted by molar-refractivity contribution is 0.0952. The Hall–Kier alpha value is -3.41. The van der Waals surface area contributed by atoms with Gasteiger partial charge in [-0.15, -0.1) is 0 Å². The molecule has 0 aliphatic heterocycles. The number of carbonyl (C=O) groups is 1. The molecule has 6 heteroatoms. The van der Waals surface area contributed by atoms with E-state index >= 15 is 0 Å². The molecule has 1 amide bonds. The van der Waals surface area contributed by atoms with Crippen LogP contribution in [0.2, 0.25) is 0 Å². The third-order valence-corrected chi connectivity index (χ3v) is 5.67. The number of pyridine rings is 2. The molecule has 1 saturated carbocycles. The molecule has 4 aromatic rings. The van der Waals surface area contributed by atoms with Crippen molar-refractivity contribution in [2.45, 2.75) is 38.3 Å². The highest BCUT2D eigenvalue weighted by atomic mass is 16.1. The summed E-state index contributed by atoms with van der Waals surface area (Å²) in [5, 5.41) is 7.84. The van der Waals surface area contributed by atoms with Crippen molar-refractivity contribution in [2.75, 3.05) is 0 Å². The van der Waals surface area contributed by atoms with Crippen molar-refractivity contribution in [3.05, 3.63) is 78.4 Å². The second kappa shape index (κ2) is 7.54. The summed E-state index contributed by atoms with van der Waals surface area (Å²) in [5.41, 5.74) is 4.33. The topological polar surface area (TPSA) is 64.2 Å². The van der Waals surface area contributed by atoms with Crippen molar-refractivity contribution in [3.63, 3.8) is 0 Å². The molecule has 1 N–H and O–H groups in total. The summed E-state index contributed by atoms with van der Waals surface area (Å²) in [6.07, 6.45) is 12.5. The second-order valence-electron chi connectivity index (χ2n) is 7.56. The van der Waals surface area contributed by atoms with Crippen LogP contribution in [0.15, 0.2) is 67.3 Å². The Morgan fingerprint density at radius 1 is 1.10 bits per heavy atom. The fourth-order valence-electron chi connectivity index (χ4n) is 4.16. The number of nitrogens with zero attached hydrogens (tertiary/aromatic N) is 4. The second-order valence-corrected chi connectivity index (χ2v) is 7.56. The summed E-state index contributed by atoms with van der Waals surface area (Å²) < 4.78 is 4.13. The van der Waals surface area contributed by atoms with Crippen LogP contribution in [0.1, 0.15) is 47.6 Å². The molecule has 0 atom stereocenters. The molecule has 146 valence electrons. The van der Waals surface area contributed by atoms with Gasteiger partial charge in [0, 0.05) is 31.3 Å². The van der Waals surface area contributed by atoms with E-state index in [1.165, 1.54) is 25.7 Å². The van der Waals surface area contributed by atoms with Crippen LogP contribution in [-0.2, 0) is 6.54 Å². The van der Waals surface area contributed by atoms with Gasteiger partial charge in [-0.1, -0.05) is 25.0 Å². The van der Waals surface area contributed by atoms with Crippen LogP contribution in [0.3, 0.4) is 0 Å². The van der Waals surface area contributed by atoms with Gasteiger partial charge in [0.05, 0.1) is 22.8 Å². The zero-order chi connectivity index (χ0) is 19.6. The minimum atomic E-state index is -0.0981. The minimum absolute atomic E-state index is 0.0981. The smallest absolute Gasteiger partial charge is 0.253 e. The molecule has 1 fully saturated rings. The maximum Gasteiger partial charge on any atom is 0.253 e. The Balaban J connectivity index is 1.45. The maximum absolute atomic E-state index is 12.9. The molecule has 4 heterocycles. The lowest BCUT2D eigenvalue weighted by atomic mass is 10.2. The Morgan fingerprint density at radius 3 is 2.83 bits per heavy atom. The van der Waals surface area contributed by atoms with Gasteiger partial charge < -0.3 is 9.72 Å². The van der Waals surface area contributed by atoms with Gasteiger partial charge in [0.1, 0.15) is 5.69 Å². The van der Waals surface area contributed by atoms with Gasteiger partial charge >= 0.3 is 0 Å². The standard InChI is InChI=1S/C23H23N5O/c29-23(25-16-17-6-5-11-24-15-17)19-14-22(27-12-4-3-9-21(19)27)20-10-13-28(26-20)18-7-1-2-8-18/h3-6,9-15,18H,1-2,7-8,16H2,(H,25,29). The molecule has 0 saturated heterocycles. The molecule has 1 aliphatic carbocycles. The molecule has 0 bridgehead atoms. The Labute approximate surface area is 169 Å². The van der Waals surface area contributed by atoms with Gasteiger partial charge in [0.15, 0.2) is 0 Å². The van der Waals surface area contributed by atoms with Crippen LogP contribution in [0.5, 0.6) is 0 Å². The molecule has 0 unspecified atom stereocenters. The summed E-state index contributed by atoms with van der Waals surface area (Å²) >= 11 is 0. The molecule has 5 rings (SSSR count). The monoisotopic (exact) mass is 385 g/mol. The number of aromatic nitrogens is 4. The third-order valence-electron chi connectivity index (χ3n) is 5.67. The van der Waals surface area contributed by atoms with Gasteiger partial charge in [0.2, 0.25) is 0 Å². The fraction of sp³-hybridized carbons (Fsp3) is 0.261. The van der Waals surface area contributed by atoms with Crippen molar-refractivity contribution in [2.24, 2.45) is 0 Å². The average molecular weight is 385 g/mol. The van der Waals surface area contributed by atoms with E-state index in [2.05, 4.69) is 21.2 Å². The van der Waals surface area contributed by atoms with Gasteiger partial charge in [-0.05, 0) is 48.7 Å². The van der Waals surface area contributed by atoms with E-state index in [1.807, 2.05) is 53.1 Å². The zero-order valence-corrected chi connectivity index (χ0v) is 16.2. The normalized spacial score (nSPS) is 14.5. The van der Waals surface area contributed by atoms with Gasteiger partial charge in [0.25, 0.3) is 5.91 Å². The first kappa shape index (κ1) is 17.7. The minimum Gasteiger partial charge on any atom is -0.348 e. The molecule has 29 heavy (non-hydrogen) atoms. The van der Waals surface area contributed by atoms with E-state index in [9.17, 15) is 4.79 Å². The number of carbonyl (C=O) groups excluding carboxylic acids is 1. The van der Waals surface area contributed by atoms with E-state index in [0.717, 1.165) is 22.5 Å². The molecule has 0 radical (unpaired) electrons. The molecule has 0 aromatic carbocycles. The summed E-state index contributed by atoms with van der Waals surface area (Å²) in [6.45, 7) is 0.447. The predicted octanol–water partition coefficient (Wildman–Crippen LogP) is 4.24. The first-order valence-corrected chi connectivity index (χ1v) is 10.1. The van der Waals surface area contributed by atoms with Crippen molar-refractivity contribution in [1.29, 1.82) is 0 Å². The van der Waals surface area contributed by atoms with E-state index in [-0.39, 0.29) is 5.91 Å². The fourth-order valence-corrected chi connectivity index (χ4v) is 4.16. The van der Waals surface area contributed by atoms with Crippen LogP contribution in [0.4, 0.5) is 0 Å². The number of hydrogen-bond acceptors (Lipinski definition) is 3. The summed E-state index contributed by atoms with van der Waals surface area (Å²) in [6, 6.07) is 14.2. The van der Waals surface area contributed by atoms with E-state index in [4.69, 9.17) is 5.10 Å². The maximum atomic E-state index is 12.9. The number of nitrogens with one attached hydrogen (secondary N) is 1. The number of fused-ring (bicyclic) bond motifs is 1. The number of hydrogen-bond donors (Lipinski definition) is 1. The van der Waals surface area contributed by atoms with E-state index in [1.54, 1.807) is 12.4 Å². The predicted molar refractivity (Wildman–Crippen MR) is 112 cm³/mol. The third kappa shape index (κ3) is 3.42. The van der Waals surface area contributed by atoms with Crippen LogP contribution < -0.4 is 5.32 Å². The summed E-state index contributed by atoms with van der Waals surface area (Å²) in [4.78, 5) is 17.0. The molecular weight excluding hydrogens is 362 g/mol. The highest BCUT2D eigenvalue weighted by Gasteiger charge is 2.20. The molecular formula is C23H23N5O. The van der Waals surface area contributed by atoms with Crippen LogP contribution in [0, 0.1) is 0 Å². The Kier molecular flexibility index (Phi) is 4.60. The number of rotatable bonds is 5. The van der Waals surface area contributed by atoms with Crippen LogP contribution >= 0.6 is 0 Å². The molecule has 4 aromatic heterocycles. The lowest BCUT2D eigenvalue weighted by Crippen LogP contribution is -2.22. The van der Waals surface area contributed by atoms with Crippen LogP contribution in [-0.4, -0.2) is 25.1 Å².